The smallest absolute Gasteiger partial charge is 0.238 e. The Morgan fingerprint density at radius 2 is 2.00 bits per heavy atom. The lowest BCUT2D eigenvalue weighted by Crippen LogP contribution is -2.45. The van der Waals surface area contributed by atoms with Gasteiger partial charge in [0.25, 0.3) is 0 Å². The van der Waals surface area contributed by atoms with Gasteiger partial charge in [0.1, 0.15) is 0 Å². The normalized spacial score (nSPS) is 28.0. The summed E-state index contributed by atoms with van der Waals surface area (Å²) in [7, 11) is 0. The molecule has 0 aliphatic carbocycles. The number of morpholine rings is 1. The third-order valence-electron chi connectivity index (χ3n) is 4.49. The lowest BCUT2D eigenvalue weighted by Gasteiger charge is -2.35. The first-order valence-electron chi connectivity index (χ1n) is 8.65. The Hall–Kier alpha value is -1.08. The van der Waals surface area contributed by atoms with E-state index in [2.05, 4.69) is 47.6 Å². The molecule has 0 aromatic heterocycles. The number of carbonyl (C=O) groups excluding carboxylic acids is 1. The molecule has 0 bridgehead atoms. The van der Waals surface area contributed by atoms with Crippen molar-refractivity contribution in [2.75, 3.05) is 24.7 Å². The third-order valence-corrected chi connectivity index (χ3v) is 5.43. The minimum absolute atomic E-state index is 0.0527. The number of nitrogens with one attached hydrogen (secondary N) is 2. The molecule has 3 rings (SSSR count). The third kappa shape index (κ3) is 4.72. The van der Waals surface area contributed by atoms with Gasteiger partial charge >= 0.3 is 0 Å². The summed E-state index contributed by atoms with van der Waals surface area (Å²) in [6.07, 6.45) is 0.540. The van der Waals surface area contributed by atoms with E-state index in [0.717, 1.165) is 31.3 Å². The summed E-state index contributed by atoms with van der Waals surface area (Å²) in [5.74, 6) is 1.82. The van der Waals surface area contributed by atoms with Crippen molar-refractivity contribution in [1.82, 2.24) is 15.5 Å². The van der Waals surface area contributed by atoms with Crippen molar-refractivity contribution < 1.29 is 9.53 Å². The average Bonchev–Trinajstić information content (AvgIpc) is 3.07. The van der Waals surface area contributed by atoms with Crippen LogP contribution in [0.4, 0.5) is 0 Å². The molecule has 6 heteroatoms. The molecule has 2 N–H and O–H groups in total. The molecule has 1 aromatic rings. The number of carbonyl (C=O) groups is 1. The van der Waals surface area contributed by atoms with Gasteiger partial charge in [-0.15, -0.1) is 11.8 Å². The van der Waals surface area contributed by atoms with Crippen molar-refractivity contribution in [3.05, 3.63) is 35.4 Å². The minimum Gasteiger partial charge on any atom is -0.373 e. The summed E-state index contributed by atoms with van der Waals surface area (Å²) in [5.41, 5.74) is 2.48. The maximum atomic E-state index is 12.2. The molecule has 2 aliphatic heterocycles. The molecule has 5 nitrogen and oxygen atoms in total. The number of ether oxygens (including phenoxy) is 1. The molecule has 2 heterocycles. The molecule has 2 fully saturated rings. The van der Waals surface area contributed by atoms with Crippen LogP contribution in [0.5, 0.6) is 0 Å². The van der Waals surface area contributed by atoms with Crippen LogP contribution in [0, 0.1) is 0 Å². The number of hydrogen-bond donors (Lipinski definition) is 2. The predicted molar refractivity (Wildman–Crippen MR) is 97.8 cm³/mol. The largest absolute Gasteiger partial charge is 0.373 e. The Labute approximate surface area is 148 Å². The zero-order valence-electron chi connectivity index (χ0n) is 14.5. The van der Waals surface area contributed by atoms with Gasteiger partial charge in [-0.2, -0.15) is 0 Å². The van der Waals surface area contributed by atoms with Gasteiger partial charge < -0.3 is 10.1 Å². The fourth-order valence-corrected chi connectivity index (χ4v) is 4.35. The molecule has 2 aliphatic rings. The Morgan fingerprint density at radius 1 is 1.29 bits per heavy atom. The van der Waals surface area contributed by atoms with E-state index >= 15 is 0 Å². The van der Waals surface area contributed by atoms with Gasteiger partial charge in [0.05, 0.1) is 18.2 Å². The molecule has 3 atom stereocenters. The lowest BCUT2D eigenvalue weighted by molar-refractivity contribution is -0.122. The summed E-state index contributed by atoms with van der Waals surface area (Å²) in [4.78, 5) is 14.6. The fourth-order valence-electron chi connectivity index (χ4n) is 3.41. The van der Waals surface area contributed by atoms with Crippen LogP contribution in [-0.2, 0) is 22.6 Å². The molecule has 2 unspecified atom stereocenters. The average molecular weight is 350 g/mol. The van der Waals surface area contributed by atoms with E-state index in [0.29, 0.717) is 6.54 Å². The van der Waals surface area contributed by atoms with Crippen molar-refractivity contribution in [2.24, 2.45) is 0 Å². The second-order valence-corrected chi connectivity index (χ2v) is 7.74. The molecular weight excluding hydrogens is 322 g/mol. The maximum absolute atomic E-state index is 12.2. The first-order valence-corrected chi connectivity index (χ1v) is 9.80. The Balaban J connectivity index is 1.59. The van der Waals surface area contributed by atoms with Gasteiger partial charge in [0, 0.05) is 37.8 Å². The SMILES string of the molecule is CC1CN(Cc2ccccc2CNC(=O)[C@H]2CSCN2)CC(C)O1. The Kier molecular flexibility index (Phi) is 6.16. The van der Waals surface area contributed by atoms with E-state index < -0.39 is 0 Å². The quantitative estimate of drug-likeness (QED) is 0.845. The summed E-state index contributed by atoms with van der Waals surface area (Å²) in [5, 5.41) is 6.29. The van der Waals surface area contributed by atoms with E-state index in [-0.39, 0.29) is 24.2 Å². The first kappa shape index (κ1) is 17.7. The molecule has 1 aromatic carbocycles. The predicted octanol–water partition coefficient (Wildman–Crippen LogP) is 1.57. The highest BCUT2D eigenvalue weighted by Crippen LogP contribution is 2.17. The van der Waals surface area contributed by atoms with E-state index in [1.54, 1.807) is 11.8 Å². The van der Waals surface area contributed by atoms with E-state index in [1.165, 1.54) is 11.1 Å². The van der Waals surface area contributed by atoms with Gasteiger partial charge in [-0.3, -0.25) is 15.0 Å². The minimum atomic E-state index is -0.0527. The number of benzene rings is 1. The monoisotopic (exact) mass is 349 g/mol. The standard InChI is InChI=1S/C18H27N3O2S/c1-13-8-21(9-14(2)23-13)10-16-6-4-3-5-15(16)7-19-18(22)17-11-24-12-20-17/h3-6,13-14,17,20H,7-12H2,1-2H3,(H,19,22)/t13?,14?,17-/m1/s1. The van der Waals surface area contributed by atoms with Crippen LogP contribution in [-0.4, -0.2) is 53.8 Å². The highest BCUT2D eigenvalue weighted by Gasteiger charge is 2.24. The molecular formula is C18H27N3O2S. The van der Waals surface area contributed by atoms with Gasteiger partial charge in [0.15, 0.2) is 0 Å². The Bertz CT molecular complexity index is 553. The van der Waals surface area contributed by atoms with Crippen LogP contribution in [0.15, 0.2) is 24.3 Å². The molecule has 0 saturated carbocycles. The molecule has 0 spiro atoms. The number of nitrogens with zero attached hydrogens (tertiary/aromatic N) is 1. The maximum Gasteiger partial charge on any atom is 0.238 e. The molecule has 24 heavy (non-hydrogen) atoms. The molecule has 2 saturated heterocycles. The highest BCUT2D eigenvalue weighted by molar-refractivity contribution is 7.99. The summed E-state index contributed by atoms with van der Waals surface area (Å²) < 4.78 is 5.81. The van der Waals surface area contributed by atoms with Crippen molar-refractivity contribution in [2.45, 2.75) is 45.2 Å². The summed E-state index contributed by atoms with van der Waals surface area (Å²) in [6, 6.07) is 8.33. The topological polar surface area (TPSA) is 53.6 Å². The summed E-state index contributed by atoms with van der Waals surface area (Å²) in [6.45, 7) is 7.65. The van der Waals surface area contributed by atoms with Crippen molar-refractivity contribution in [3.8, 4) is 0 Å². The van der Waals surface area contributed by atoms with Crippen molar-refractivity contribution >= 4 is 17.7 Å². The van der Waals surface area contributed by atoms with Crippen LogP contribution in [0.1, 0.15) is 25.0 Å². The zero-order chi connectivity index (χ0) is 16.9. The number of amides is 1. The lowest BCUT2D eigenvalue weighted by atomic mass is 10.1. The molecule has 132 valence electrons. The number of thioether (sulfide) groups is 1. The van der Waals surface area contributed by atoms with Crippen LogP contribution >= 0.6 is 11.8 Å². The Morgan fingerprint density at radius 3 is 2.67 bits per heavy atom. The van der Waals surface area contributed by atoms with E-state index in [4.69, 9.17) is 4.74 Å². The highest BCUT2D eigenvalue weighted by atomic mass is 32.2. The van der Waals surface area contributed by atoms with Crippen LogP contribution in [0.2, 0.25) is 0 Å². The number of hydrogen-bond acceptors (Lipinski definition) is 5. The van der Waals surface area contributed by atoms with Crippen LogP contribution in [0.25, 0.3) is 0 Å². The summed E-state index contributed by atoms with van der Waals surface area (Å²) >= 11 is 1.77. The van der Waals surface area contributed by atoms with Gasteiger partial charge in [-0.1, -0.05) is 24.3 Å². The second-order valence-electron chi connectivity index (χ2n) is 6.71. The van der Waals surface area contributed by atoms with Crippen LogP contribution in [0.3, 0.4) is 0 Å². The van der Waals surface area contributed by atoms with Gasteiger partial charge in [-0.25, -0.2) is 0 Å². The molecule has 1 amide bonds. The van der Waals surface area contributed by atoms with E-state index in [9.17, 15) is 4.79 Å². The van der Waals surface area contributed by atoms with Crippen molar-refractivity contribution in [3.63, 3.8) is 0 Å². The first-order chi connectivity index (χ1) is 11.6. The second kappa shape index (κ2) is 8.34. The van der Waals surface area contributed by atoms with E-state index in [1.807, 2.05) is 6.07 Å². The molecule has 0 radical (unpaired) electrons. The van der Waals surface area contributed by atoms with Gasteiger partial charge in [0.2, 0.25) is 5.91 Å². The number of rotatable bonds is 5. The van der Waals surface area contributed by atoms with Gasteiger partial charge in [-0.05, 0) is 25.0 Å². The fraction of sp³-hybridized carbons (Fsp3) is 0.611. The van der Waals surface area contributed by atoms with Crippen LogP contribution < -0.4 is 10.6 Å². The van der Waals surface area contributed by atoms with Crippen molar-refractivity contribution in [1.29, 1.82) is 0 Å². The zero-order valence-corrected chi connectivity index (χ0v) is 15.3.